The van der Waals surface area contributed by atoms with Gasteiger partial charge in [0.15, 0.2) is 5.69 Å². The molecule has 6 heteroatoms. The molecule has 18 heavy (non-hydrogen) atoms. The Balaban J connectivity index is 2.56. The summed E-state index contributed by atoms with van der Waals surface area (Å²) in [5.41, 5.74) is 1.20. The van der Waals surface area contributed by atoms with Crippen molar-refractivity contribution in [2.75, 3.05) is 7.11 Å². The maximum atomic E-state index is 11.2. The molecule has 2 aromatic rings. The second-order valence-electron chi connectivity index (χ2n) is 3.67. The standard InChI is InChI=1S/C12H11ClN2O3/c1-7-11(12(16)17)15(6-14-7)8-3-4-10(18-2)9(13)5-8/h3-6H,1-2H3,(H,16,17). The third kappa shape index (κ3) is 2.04. The van der Waals surface area contributed by atoms with Gasteiger partial charge in [-0.25, -0.2) is 9.78 Å². The number of hydrogen-bond donors (Lipinski definition) is 1. The SMILES string of the molecule is COc1ccc(-n2cnc(C)c2C(=O)O)cc1Cl. The van der Waals surface area contributed by atoms with Crippen molar-refractivity contribution >= 4 is 17.6 Å². The highest BCUT2D eigenvalue weighted by atomic mass is 35.5. The Bertz CT molecular complexity index is 607. The minimum absolute atomic E-state index is 0.122. The van der Waals surface area contributed by atoms with E-state index in [4.69, 9.17) is 21.4 Å². The number of aromatic nitrogens is 2. The summed E-state index contributed by atoms with van der Waals surface area (Å²) in [6.07, 6.45) is 1.46. The summed E-state index contributed by atoms with van der Waals surface area (Å²) in [6.45, 7) is 1.64. The van der Waals surface area contributed by atoms with Gasteiger partial charge in [-0.15, -0.1) is 0 Å². The Morgan fingerprint density at radius 3 is 2.78 bits per heavy atom. The molecule has 1 aromatic heterocycles. The summed E-state index contributed by atoms with van der Waals surface area (Å²) in [7, 11) is 1.52. The van der Waals surface area contributed by atoms with Crippen LogP contribution in [0, 0.1) is 6.92 Å². The molecule has 0 atom stereocenters. The predicted octanol–water partition coefficient (Wildman–Crippen LogP) is 2.54. The third-order valence-electron chi connectivity index (χ3n) is 2.57. The number of aryl methyl sites for hydroxylation is 1. The normalized spacial score (nSPS) is 10.4. The van der Waals surface area contributed by atoms with Gasteiger partial charge in [-0.3, -0.25) is 4.57 Å². The number of imidazole rings is 1. The van der Waals surface area contributed by atoms with E-state index in [-0.39, 0.29) is 5.69 Å². The monoisotopic (exact) mass is 266 g/mol. The van der Waals surface area contributed by atoms with E-state index >= 15 is 0 Å². The van der Waals surface area contributed by atoms with E-state index in [1.54, 1.807) is 25.1 Å². The van der Waals surface area contributed by atoms with E-state index in [0.29, 0.717) is 22.2 Å². The number of halogens is 1. The molecule has 0 aliphatic heterocycles. The average molecular weight is 267 g/mol. The van der Waals surface area contributed by atoms with Gasteiger partial charge in [-0.1, -0.05) is 11.6 Å². The van der Waals surface area contributed by atoms with Crippen LogP contribution in [0.5, 0.6) is 5.75 Å². The number of carboxylic acids is 1. The highest BCUT2D eigenvalue weighted by Gasteiger charge is 2.16. The second-order valence-corrected chi connectivity index (χ2v) is 4.08. The van der Waals surface area contributed by atoms with Crippen LogP contribution in [0.3, 0.4) is 0 Å². The highest BCUT2D eigenvalue weighted by Crippen LogP contribution is 2.27. The predicted molar refractivity (Wildman–Crippen MR) is 66.8 cm³/mol. The van der Waals surface area contributed by atoms with Crippen molar-refractivity contribution < 1.29 is 14.6 Å². The first-order valence-corrected chi connectivity index (χ1v) is 5.53. The maximum Gasteiger partial charge on any atom is 0.354 e. The molecule has 0 saturated carbocycles. The number of methoxy groups -OCH3 is 1. The van der Waals surface area contributed by atoms with Gasteiger partial charge in [0.05, 0.1) is 17.8 Å². The van der Waals surface area contributed by atoms with Gasteiger partial charge in [-0.2, -0.15) is 0 Å². The summed E-state index contributed by atoms with van der Waals surface area (Å²) in [4.78, 5) is 15.2. The molecule has 0 fully saturated rings. The smallest absolute Gasteiger partial charge is 0.354 e. The van der Waals surface area contributed by atoms with Gasteiger partial charge in [0.2, 0.25) is 0 Å². The van der Waals surface area contributed by atoms with Crippen LogP contribution < -0.4 is 4.74 Å². The lowest BCUT2D eigenvalue weighted by Crippen LogP contribution is -2.07. The molecule has 2 rings (SSSR count). The van der Waals surface area contributed by atoms with Crippen molar-refractivity contribution in [2.45, 2.75) is 6.92 Å². The van der Waals surface area contributed by atoms with Crippen LogP contribution in [0.2, 0.25) is 5.02 Å². The molecule has 0 radical (unpaired) electrons. The summed E-state index contributed by atoms with van der Waals surface area (Å²) in [5.74, 6) is -0.494. The minimum atomic E-state index is -1.03. The molecular weight excluding hydrogens is 256 g/mol. The van der Waals surface area contributed by atoms with Crippen molar-refractivity contribution in [1.82, 2.24) is 9.55 Å². The minimum Gasteiger partial charge on any atom is -0.495 e. The van der Waals surface area contributed by atoms with Gasteiger partial charge in [0.1, 0.15) is 12.1 Å². The molecule has 0 bridgehead atoms. The average Bonchev–Trinajstić information content (AvgIpc) is 2.71. The van der Waals surface area contributed by atoms with E-state index in [9.17, 15) is 4.79 Å². The number of carboxylic acid groups (broad SMARTS) is 1. The van der Waals surface area contributed by atoms with E-state index in [0.717, 1.165) is 0 Å². The zero-order valence-corrected chi connectivity index (χ0v) is 10.6. The van der Waals surface area contributed by atoms with Crippen LogP contribution in [0.25, 0.3) is 5.69 Å². The van der Waals surface area contributed by atoms with E-state index in [1.807, 2.05) is 0 Å². The fraction of sp³-hybridized carbons (Fsp3) is 0.167. The molecule has 94 valence electrons. The number of aromatic carboxylic acids is 1. The lowest BCUT2D eigenvalue weighted by atomic mass is 10.2. The highest BCUT2D eigenvalue weighted by molar-refractivity contribution is 6.32. The molecule has 0 amide bonds. The summed E-state index contributed by atoms with van der Waals surface area (Å²) in [6, 6.07) is 5.03. The molecule has 1 heterocycles. The van der Waals surface area contributed by atoms with E-state index in [2.05, 4.69) is 4.98 Å². The molecule has 0 aliphatic carbocycles. The summed E-state index contributed by atoms with van der Waals surface area (Å²) < 4.78 is 6.52. The van der Waals surface area contributed by atoms with Gasteiger partial charge in [-0.05, 0) is 25.1 Å². The number of ether oxygens (including phenoxy) is 1. The van der Waals surface area contributed by atoms with Crippen LogP contribution in [0.1, 0.15) is 16.2 Å². The Morgan fingerprint density at radius 2 is 2.22 bits per heavy atom. The van der Waals surface area contributed by atoms with Crippen molar-refractivity contribution in [3.05, 3.63) is 40.9 Å². The molecule has 5 nitrogen and oxygen atoms in total. The Kier molecular flexibility index (Phi) is 3.25. The van der Waals surface area contributed by atoms with Crippen LogP contribution in [0.15, 0.2) is 24.5 Å². The van der Waals surface area contributed by atoms with Gasteiger partial charge in [0, 0.05) is 5.69 Å². The molecule has 1 aromatic carbocycles. The first kappa shape index (κ1) is 12.4. The Hall–Kier alpha value is -2.01. The zero-order chi connectivity index (χ0) is 13.3. The Labute approximate surface area is 109 Å². The molecular formula is C12H11ClN2O3. The first-order chi connectivity index (χ1) is 8.54. The molecule has 0 spiro atoms. The number of benzene rings is 1. The van der Waals surface area contributed by atoms with E-state index < -0.39 is 5.97 Å². The number of nitrogens with zero attached hydrogens (tertiary/aromatic N) is 2. The topological polar surface area (TPSA) is 64.4 Å². The number of hydrogen-bond acceptors (Lipinski definition) is 3. The van der Waals surface area contributed by atoms with Crippen LogP contribution in [0.4, 0.5) is 0 Å². The van der Waals surface area contributed by atoms with Crippen LogP contribution >= 0.6 is 11.6 Å². The quantitative estimate of drug-likeness (QED) is 0.927. The first-order valence-electron chi connectivity index (χ1n) is 5.15. The largest absolute Gasteiger partial charge is 0.495 e. The zero-order valence-electron chi connectivity index (χ0n) is 9.85. The fourth-order valence-corrected chi connectivity index (χ4v) is 1.95. The lowest BCUT2D eigenvalue weighted by molar-refractivity contribution is 0.0687. The third-order valence-corrected chi connectivity index (χ3v) is 2.86. The molecule has 0 unspecified atom stereocenters. The molecule has 0 aliphatic rings. The molecule has 0 saturated heterocycles. The number of carbonyl (C=O) groups is 1. The van der Waals surface area contributed by atoms with Crippen molar-refractivity contribution in [3.8, 4) is 11.4 Å². The lowest BCUT2D eigenvalue weighted by Gasteiger charge is -2.08. The van der Waals surface area contributed by atoms with Crippen molar-refractivity contribution in [2.24, 2.45) is 0 Å². The summed E-state index contributed by atoms with van der Waals surface area (Å²) >= 11 is 6.01. The van der Waals surface area contributed by atoms with Crippen molar-refractivity contribution in [3.63, 3.8) is 0 Å². The van der Waals surface area contributed by atoms with Gasteiger partial charge >= 0.3 is 5.97 Å². The van der Waals surface area contributed by atoms with Gasteiger partial charge < -0.3 is 9.84 Å². The summed E-state index contributed by atoms with van der Waals surface area (Å²) in [5, 5.41) is 9.56. The van der Waals surface area contributed by atoms with Crippen molar-refractivity contribution in [1.29, 1.82) is 0 Å². The molecule has 1 N–H and O–H groups in total. The Morgan fingerprint density at radius 1 is 1.50 bits per heavy atom. The fourth-order valence-electron chi connectivity index (χ4n) is 1.70. The van der Waals surface area contributed by atoms with E-state index in [1.165, 1.54) is 18.0 Å². The maximum absolute atomic E-state index is 11.2. The van der Waals surface area contributed by atoms with Crippen LogP contribution in [-0.2, 0) is 0 Å². The van der Waals surface area contributed by atoms with Gasteiger partial charge in [0.25, 0.3) is 0 Å². The second kappa shape index (κ2) is 4.70. The van der Waals surface area contributed by atoms with Crippen LogP contribution in [-0.4, -0.2) is 27.7 Å². The number of rotatable bonds is 3.